The van der Waals surface area contributed by atoms with Gasteiger partial charge in [0.1, 0.15) is 12.2 Å². The van der Waals surface area contributed by atoms with Crippen LogP contribution in [0.1, 0.15) is 29.5 Å². The topological polar surface area (TPSA) is 90.7 Å². The second-order valence-electron chi connectivity index (χ2n) is 6.77. The first-order valence-electron chi connectivity index (χ1n) is 8.37. The summed E-state index contributed by atoms with van der Waals surface area (Å²) in [7, 11) is -3.14. The third-order valence-corrected chi connectivity index (χ3v) is 6.75. The van der Waals surface area contributed by atoms with Crippen LogP contribution in [-0.2, 0) is 38.8 Å². The first kappa shape index (κ1) is 16.3. The highest BCUT2D eigenvalue weighted by atomic mass is 32.2. The normalized spacial score (nSPS) is 21.4. The van der Waals surface area contributed by atoms with Crippen LogP contribution in [0.25, 0.3) is 11.0 Å². The molecular weight excluding hydrogens is 344 g/mol. The molecule has 0 amide bonds. The number of aryl methyl sites for hydroxylation is 2. The molecule has 1 saturated heterocycles. The van der Waals surface area contributed by atoms with Crippen LogP contribution in [0.4, 0.5) is 0 Å². The summed E-state index contributed by atoms with van der Waals surface area (Å²) in [5.74, 6) is -1.27. The summed E-state index contributed by atoms with van der Waals surface area (Å²) < 4.78 is 33.6. The fraction of sp³-hybridized carbons (Fsp3) is 0.444. The van der Waals surface area contributed by atoms with E-state index in [2.05, 4.69) is 0 Å². The van der Waals surface area contributed by atoms with Crippen molar-refractivity contribution in [1.29, 1.82) is 0 Å². The minimum absolute atomic E-state index is 0.0246. The zero-order chi connectivity index (χ0) is 17.6. The molecule has 4 rings (SSSR count). The lowest BCUT2D eigenvalue weighted by Crippen LogP contribution is -2.19. The molecule has 1 aliphatic heterocycles. The van der Waals surface area contributed by atoms with Gasteiger partial charge in [-0.2, -0.15) is 0 Å². The lowest BCUT2D eigenvalue weighted by atomic mass is 10.0. The van der Waals surface area contributed by atoms with Crippen molar-refractivity contribution in [2.45, 2.75) is 32.3 Å². The minimum atomic E-state index is -3.14. The van der Waals surface area contributed by atoms with Crippen molar-refractivity contribution in [2.75, 3.05) is 11.5 Å². The molecule has 7 heteroatoms. The summed E-state index contributed by atoms with van der Waals surface area (Å²) in [5.41, 5.74) is 3.04. The Bertz CT molecular complexity index is 1020. The first-order chi connectivity index (χ1) is 11.9. The van der Waals surface area contributed by atoms with Gasteiger partial charge in [0.2, 0.25) is 0 Å². The standard InChI is InChI=1S/C18H18O6S/c19-17-8-14(9-23-18(20)13-4-5-25(21,22)10-13)15-6-11-2-1-3-12(11)7-16(15)24-17/h6-8,13H,1-5,9-10H2. The lowest BCUT2D eigenvalue weighted by Gasteiger charge is -2.11. The predicted octanol–water partition coefficient (Wildman–Crippen LogP) is 1.76. The number of hydrogen-bond donors (Lipinski definition) is 0. The van der Waals surface area contributed by atoms with E-state index in [0.29, 0.717) is 17.6 Å². The van der Waals surface area contributed by atoms with Crippen molar-refractivity contribution >= 4 is 26.8 Å². The van der Waals surface area contributed by atoms with Crippen LogP contribution in [0.2, 0.25) is 0 Å². The zero-order valence-electron chi connectivity index (χ0n) is 13.6. The number of hydrogen-bond acceptors (Lipinski definition) is 6. The molecule has 6 nitrogen and oxygen atoms in total. The summed E-state index contributed by atoms with van der Waals surface area (Å²) >= 11 is 0. The molecule has 25 heavy (non-hydrogen) atoms. The number of fused-ring (bicyclic) bond motifs is 2. The molecule has 0 spiro atoms. The number of sulfone groups is 1. The van der Waals surface area contributed by atoms with Crippen molar-refractivity contribution in [2.24, 2.45) is 5.92 Å². The van der Waals surface area contributed by atoms with E-state index in [-0.39, 0.29) is 18.1 Å². The van der Waals surface area contributed by atoms with Crippen molar-refractivity contribution < 1.29 is 22.4 Å². The van der Waals surface area contributed by atoms with Gasteiger partial charge in [0.25, 0.3) is 0 Å². The maximum Gasteiger partial charge on any atom is 0.336 e. The van der Waals surface area contributed by atoms with Gasteiger partial charge < -0.3 is 9.15 Å². The minimum Gasteiger partial charge on any atom is -0.461 e. The first-order valence-corrected chi connectivity index (χ1v) is 10.2. The van der Waals surface area contributed by atoms with E-state index in [4.69, 9.17) is 9.15 Å². The van der Waals surface area contributed by atoms with Gasteiger partial charge in [-0.1, -0.05) is 0 Å². The van der Waals surface area contributed by atoms with Crippen LogP contribution in [0.5, 0.6) is 0 Å². The van der Waals surface area contributed by atoms with Gasteiger partial charge in [0.05, 0.1) is 17.4 Å². The highest BCUT2D eigenvalue weighted by Gasteiger charge is 2.34. The molecule has 2 aliphatic rings. The summed E-state index contributed by atoms with van der Waals surface area (Å²) in [6.07, 6.45) is 3.34. The maximum atomic E-state index is 12.1. The lowest BCUT2D eigenvalue weighted by molar-refractivity contribution is -0.148. The molecule has 132 valence electrons. The zero-order valence-corrected chi connectivity index (χ0v) is 14.4. The van der Waals surface area contributed by atoms with Crippen molar-refractivity contribution in [3.63, 3.8) is 0 Å². The molecule has 0 saturated carbocycles. The van der Waals surface area contributed by atoms with Gasteiger partial charge in [-0.25, -0.2) is 13.2 Å². The molecule has 0 radical (unpaired) electrons. The average molecular weight is 362 g/mol. The van der Waals surface area contributed by atoms with Gasteiger partial charge in [-0.05, 0) is 48.9 Å². The van der Waals surface area contributed by atoms with Gasteiger partial charge in [-0.3, -0.25) is 4.79 Å². The van der Waals surface area contributed by atoms with E-state index in [1.165, 1.54) is 17.2 Å². The Morgan fingerprint density at radius 1 is 1.20 bits per heavy atom. The van der Waals surface area contributed by atoms with Crippen molar-refractivity contribution in [1.82, 2.24) is 0 Å². The highest BCUT2D eigenvalue weighted by molar-refractivity contribution is 7.91. The molecule has 0 bridgehead atoms. The van der Waals surface area contributed by atoms with Gasteiger partial charge in [0, 0.05) is 17.0 Å². The van der Waals surface area contributed by atoms with E-state index in [1.54, 1.807) is 0 Å². The number of carbonyl (C=O) groups excluding carboxylic acids is 1. The largest absolute Gasteiger partial charge is 0.461 e. The van der Waals surface area contributed by atoms with Crippen LogP contribution >= 0.6 is 0 Å². The van der Waals surface area contributed by atoms with E-state index in [1.807, 2.05) is 12.1 Å². The number of carbonyl (C=O) groups is 1. The summed E-state index contributed by atoms with van der Waals surface area (Å²) in [4.78, 5) is 23.9. The second kappa shape index (κ2) is 5.98. The Morgan fingerprint density at radius 2 is 1.96 bits per heavy atom. The van der Waals surface area contributed by atoms with Gasteiger partial charge in [-0.15, -0.1) is 0 Å². The molecule has 1 aromatic carbocycles. The second-order valence-corrected chi connectivity index (χ2v) is 9.00. The summed E-state index contributed by atoms with van der Waals surface area (Å²) in [6, 6.07) is 5.24. The van der Waals surface area contributed by atoms with E-state index >= 15 is 0 Å². The smallest absolute Gasteiger partial charge is 0.336 e. The third kappa shape index (κ3) is 3.20. The molecule has 1 aromatic heterocycles. The van der Waals surface area contributed by atoms with Crippen LogP contribution in [-0.4, -0.2) is 25.9 Å². The summed E-state index contributed by atoms with van der Waals surface area (Å²) in [6.45, 7) is -0.0593. The van der Waals surface area contributed by atoms with Crippen LogP contribution in [0.3, 0.4) is 0 Å². The fourth-order valence-corrected chi connectivity index (χ4v) is 5.39. The molecule has 2 aromatic rings. The van der Waals surface area contributed by atoms with E-state index in [9.17, 15) is 18.0 Å². The van der Waals surface area contributed by atoms with Crippen LogP contribution in [0, 0.1) is 5.92 Å². The third-order valence-electron chi connectivity index (χ3n) is 4.98. The Kier molecular flexibility index (Phi) is 3.91. The van der Waals surface area contributed by atoms with Crippen molar-refractivity contribution in [3.05, 3.63) is 45.3 Å². The van der Waals surface area contributed by atoms with Crippen LogP contribution in [0.15, 0.2) is 27.4 Å². The number of esters is 1. The van der Waals surface area contributed by atoms with E-state index < -0.39 is 27.4 Å². The predicted molar refractivity (Wildman–Crippen MR) is 91.1 cm³/mol. The quantitative estimate of drug-likeness (QED) is 0.610. The number of ether oxygens (including phenoxy) is 1. The Hall–Kier alpha value is -2.15. The number of benzene rings is 1. The monoisotopic (exact) mass is 362 g/mol. The molecule has 1 aliphatic carbocycles. The molecular formula is C18H18O6S. The molecule has 1 atom stereocenters. The van der Waals surface area contributed by atoms with Gasteiger partial charge >= 0.3 is 11.6 Å². The van der Waals surface area contributed by atoms with E-state index in [0.717, 1.165) is 24.6 Å². The molecule has 2 heterocycles. The summed E-state index contributed by atoms with van der Waals surface area (Å²) in [5, 5.41) is 0.770. The Balaban J connectivity index is 1.59. The average Bonchev–Trinajstić information content (AvgIpc) is 3.15. The van der Waals surface area contributed by atoms with Crippen LogP contribution < -0.4 is 5.63 Å². The van der Waals surface area contributed by atoms with Gasteiger partial charge in [0.15, 0.2) is 9.84 Å². The fourth-order valence-electron chi connectivity index (χ4n) is 3.66. The number of rotatable bonds is 3. The Labute approximate surface area is 144 Å². The maximum absolute atomic E-state index is 12.1. The SMILES string of the molecule is O=C(OCc1cc(=O)oc2cc3c(cc12)CCC3)C1CCS(=O)(=O)C1. The highest BCUT2D eigenvalue weighted by Crippen LogP contribution is 2.29. The molecule has 1 unspecified atom stereocenters. The van der Waals surface area contributed by atoms with Crippen molar-refractivity contribution in [3.8, 4) is 0 Å². The molecule has 1 fully saturated rings. The Morgan fingerprint density at radius 3 is 2.68 bits per heavy atom. The molecule has 0 N–H and O–H groups in total.